The van der Waals surface area contributed by atoms with Gasteiger partial charge in [-0.05, 0) is 50.1 Å². The standard InChI is InChI=1S/C26H27NO3/c1-18(20-8-5-4-6-9-20)27-25(28)21-14-12-19(13-15-21)17-29-23-11-7-10-22-16-26(2,3)30-24(22)23/h4-15,18H,16-17H2,1-3H3,(H,27,28). The molecule has 0 saturated carbocycles. The first-order chi connectivity index (χ1) is 14.4. The summed E-state index contributed by atoms with van der Waals surface area (Å²) in [6, 6.07) is 23.4. The molecule has 154 valence electrons. The molecule has 0 bridgehead atoms. The first kappa shape index (κ1) is 20.0. The molecule has 0 radical (unpaired) electrons. The molecule has 4 nitrogen and oxygen atoms in total. The molecule has 1 amide bonds. The summed E-state index contributed by atoms with van der Waals surface area (Å²) in [6.45, 7) is 6.57. The first-order valence-electron chi connectivity index (χ1n) is 10.3. The normalized spacial score (nSPS) is 15.0. The van der Waals surface area contributed by atoms with E-state index in [1.165, 1.54) is 5.56 Å². The third-order valence-electron chi connectivity index (χ3n) is 5.31. The zero-order chi connectivity index (χ0) is 21.1. The Kier molecular flexibility index (Phi) is 5.49. The Bertz CT molecular complexity index is 1030. The van der Waals surface area contributed by atoms with E-state index in [1.807, 2.05) is 73.7 Å². The van der Waals surface area contributed by atoms with Gasteiger partial charge in [0.05, 0.1) is 6.04 Å². The lowest BCUT2D eigenvalue weighted by Crippen LogP contribution is -2.26. The minimum absolute atomic E-state index is 0.0499. The maximum atomic E-state index is 12.5. The van der Waals surface area contributed by atoms with Crippen molar-refractivity contribution in [3.63, 3.8) is 0 Å². The van der Waals surface area contributed by atoms with Crippen molar-refractivity contribution < 1.29 is 14.3 Å². The zero-order valence-electron chi connectivity index (χ0n) is 17.6. The van der Waals surface area contributed by atoms with Crippen LogP contribution in [-0.4, -0.2) is 11.5 Å². The van der Waals surface area contributed by atoms with Crippen LogP contribution in [-0.2, 0) is 13.0 Å². The van der Waals surface area contributed by atoms with Crippen LogP contribution in [0, 0.1) is 0 Å². The summed E-state index contributed by atoms with van der Waals surface area (Å²) in [5.41, 5.74) is 3.69. The molecule has 30 heavy (non-hydrogen) atoms. The van der Waals surface area contributed by atoms with Crippen molar-refractivity contribution in [2.45, 2.75) is 45.4 Å². The molecule has 3 aromatic carbocycles. The second-order valence-electron chi connectivity index (χ2n) is 8.37. The zero-order valence-corrected chi connectivity index (χ0v) is 17.6. The monoisotopic (exact) mass is 401 g/mol. The van der Waals surface area contributed by atoms with Gasteiger partial charge < -0.3 is 14.8 Å². The maximum absolute atomic E-state index is 12.5. The van der Waals surface area contributed by atoms with Gasteiger partial charge in [0.25, 0.3) is 5.91 Å². The highest BCUT2D eigenvalue weighted by molar-refractivity contribution is 5.94. The molecular weight excluding hydrogens is 374 g/mol. The Balaban J connectivity index is 1.37. The van der Waals surface area contributed by atoms with Gasteiger partial charge in [-0.1, -0.05) is 54.6 Å². The molecule has 0 aliphatic carbocycles. The number of rotatable bonds is 6. The number of amides is 1. The van der Waals surface area contributed by atoms with Gasteiger partial charge in [0.15, 0.2) is 11.5 Å². The van der Waals surface area contributed by atoms with E-state index in [-0.39, 0.29) is 17.6 Å². The van der Waals surface area contributed by atoms with Crippen LogP contribution in [0.4, 0.5) is 0 Å². The third-order valence-corrected chi connectivity index (χ3v) is 5.31. The van der Waals surface area contributed by atoms with E-state index >= 15 is 0 Å². The van der Waals surface area contributed by atoms with Crippen molar-refractivity contribution in [2.75, 3.05) is 0 Å². The minimum Gasteiger partial charge on any atom is -0.485 e. The molecular formula is C26H27NO3. The van der Waals surface area contributed by atoms with E-state index in [2.05, 4.69) is 25.2 Å². The van der Waals surface area contributed by atoms with Gasteiger partial charge in [-0.15, -0.1) is 0 Å². The lowest BCUT2D eigenvalue weighted by Gasteiger charge is -2.18. The second kappa shape index (κ2) is 8.23. The van der Waals surface area contributed by atoms with Gasteiger partial charge in [0.2, 0.25) is 0 Å². The molecule has 1 atom stereocenters. The lowest BCUT2D eigenvalue weighted by atomic mass is 10.0. The Morgan fingerprint density at radius 3 is 2.50 bits per heavy atom. The molecule has 4 rings (SSSR count). The average Bonchev–Trinajstić information content (AvgIpc) is 3.07. The predicted molar refractivity (Wildman–Crippen MR) is 118 cm³/mol. The van der Waals surface area contributed by atoms with Gasteiger partial charge in [-0.2, -0.15) is 0 Å². The Morgan fingerprint density at radius 1 is 1.03 bits per heavy atom. The molecule has 3 aromatic rings. The van der Waals surface area contributed by atoms with E-state index in [0.717, 1.165) is 29.0 Å². The Labute approximate surface area is 177 Å². The average molecular weight is 402 g/mol. The molecule has 0 fully saturated rings. The summed E-state index contributed by atoms with van der Waals surface area (Å²) < 4.78 is 12.1. The number of carbonyl (C=O) groups is 1. The van der Waals surface area contributed by atoms with Crippen molar-refractivity contribution >= 4 is 5.91 Å². The fourth-order valence-corrected chi connectivity index (χ4v) is 3.72. The number of fused-ring (bicyclic) bond motifs is 1. The summed E-state index contributed by atoms with van der Waals surface area (Å²) in [5, 5.41) is 3.04. The first-order valence-corrected chi connectivity index (χ1v) is 10.3. The van der Waals surface area contributed by atoms with Gasteiger partial charge in [0.1, 0.15) is 12.2 Å². The summed E-state index contributed by atoms with van der Waals surface area (Å²) in [5.74, 6) is 1.51. The highest BCUT2D eigenvalue weighted by Gasteiger charge is 2.32. The van der Waals surface area contributed by atoms with Crippen molar-refractivity contribution in [2.24, 2.45) is 0 Å². The topological polar surface area (TPSA) is 47.6 Å². The van der Waals surface area contributed by atoms with Gasteiger partial charge in [0, 0.05) is 17.5 Å². The van der Waals surface area contributed by atoms with E-state index < -0.39 is 0 Å². The van der Waals surface area contributed by atoms with Crippen LogP contribution < -0.4 is 14.8 Å². The molecule has 1 aliphatic rings. The Hall–Kier alpha value is -3.27. The van der Waals surface area contributed by atoms with E-state index in [9.17, 15) is 4.79 Å². The molecule has 1 aliphatic heterocycles. The third kappa shape index (κ3) is 4.48. The number of hydrogen-bond donors (Lipinski definition) is 1. The minimum atomic E-state index is -0.201. The second-order valence-corrected chi connectivity index (χ2v) is 8.37. The summed E-state index contributed by atoms with van der Waals surface area (Å²) in [4.78, 5) is 12.5. The van der Waals surface area contributed by atoms with Crippen LogP contribution in [0.1, 0.15) is 53.9 Å². The summed E-state index contributed by atoms with van der Waals surface area (Å²) >= 11 is 0. The molecule has 0 saturated heterocycles. The number of benzene rings is 3. The van der Waals surface area contributed by atoms with E-state index in [1.54, 1.807) is 0 Å². The molecule has 4 heteroatoms. The SMILES string of the molecule is CC(NC(=O)c1ccc(COc2cccc3c2OC(C)(C)C3)cc1)c1ccccc1. The Morgan fingerprint density at radius 2 is 1.77 bits per heavy atom. The van der Waals surface area contributed by atoms with E-state index in [0.29, 0.717) is 12.2 Å². The molecule has 1 unspecified atom stereocenters. The molecule has 0 aromatic heterocycles. The predicted octanol–water partition coefficient (Wildman–Crippen LogP) is 5.47. The van der Waals surface area contributed by atoms with Crippen LogP contribution in [0.25, 0.3) is 0 Å². The van der Waals surface area contributed by atoms with Crippen LogP contribution >= 0.6 is 0 Å². The molecule has 1 heterocycles. The van der Waals surface area contributed by atoms with Crippen molar-refractivity contribution in [3.8, 4) is 11.5 Å². The van der Waals surface area contributed by atoms with Gasteiger partial charge in [-0.3, -0.25) is 4.79 Å². The maximum Gasteiger partial charge on any atom is 0.251 e. The van der Waals surface area contributed by atoms with Gasteiger partial charge >= 0.3 is 0 Å². The smallest absolute Gasteiger partial charge is 0.251 e. The van der Waals surface area contributed by atoms with Crippen molar-refractivity contribution in [1.82, 2.24) is 5.32 Å². The molecule has 1 N–H and O–H groups in total. The number of carbonyl (C=O) groups excluding carboxylic acids is 1. The summed E-state index contributed by atoms with van der Waals surface area (Å²) in [7, 11) is 0. The van der Waals surface area contributed by atoms with Gasteiger partial charge in [-0.25, -0.2) is 0 Å². The summed E-state index contributed by atoms with van der Waals surface area (Å²) in [6.07, 6.45) is 0.880. The van der Waals surface area contributed by atoms with Crippen LogP contribution in [0.3, 0.4) is 0 Å². The van der Waals surface area contributed by atoms with E-state index in [4.69, 9.17) is 9.47 Å². The number of para-hydroxylation sites is 1. The fourth-order valence-electron chi connectivity index (χ4n) is 3.72. The van der Waals surface area contributed by atoms with Crippen LogP contribution in [0.2, 0.25) is 0 Å². The fraction of sp³-hybridized carbons (Fsp3) is 0.269. The number of hydrogen-bond acceptors (Lipinski definition) is 3. The number of ether oxygens (including phenoxy) is 2. The van der Waals surface area contributed by atoms with Crippen LogP contribution in [0.15, 0.2) is 72.8 Å². The van der Waals surface area contributed by atoms with Crippen molar-refractivity contribution in [1.29, 1.82) is 0 Å². The number of nitrogens with one attached hydrogen (secondary N) is 1. The van der Waals surface area contributed by atoms with Crippen molar-refractivity contribution in [3.05, 3.63) is 95.1 Å². The quantitative estimate of drug-likeness (QED) is 0.596. The molecule has 0 spiro atoms. The van der Waals surface area contributed by atoms with Crippen LogP contribution in [0.5, 0.6) is 11.5 Å². The largest absolute Gasteiger partial charge is 0.485 e. The lowest BCUT2D eigenvalue weighted by molar-refractivity contribution is 0.0940. The highest BCUT2D eigenvalue weighted by Crippen LogP contribution is 2.41. The highest BCUT2D eigenvalue weighted by atomic mass is 16.5.